The minimum Gasteiger partial charge on any atom is -0.370 e. The summed E-state index contributed by atoms with van der Waals surface area (Å²) >= 11 is 0. The minimum atomic E-state index is -3.59. The van der Waals surface area contributed by atoms with Crippen LogP contribution in [0.5, 0.6) is 0 Å². The quantitative estimate of drug-likeness (QED) is 0.781. The van der Waals surface area contributed by atoms with E-state index in [1.165, 1.54) is 18.6 Å². The van der Waals surface area contributed by atoms with Crippen LogP contribution in [0.4, 0.5) is 11.4 Å². The summed E-state index contributed by atoms with van der Waals surface area (Å²) in [5.74, 6) is -0.312. The molecule has 4 rings (SSSR count). The number of hydrogen-bond donors (Lipinski definition) is 2. The molecular formula is C21H25N3O3S. The monoisotopic (exact) mass is 399 g/mol. The van der Waals surface area contributed by atoms with E-state index in [-0.39, 0.29) is 16.8 Å². The maximum absolute atomic E-state index is 12.8. The molecule has 148 valence electrons. The smallest absolute Gasteiger partial charge is 0.255 e. The molecule has 1 saturated heterocycles. The highest BCUT2D eigenvalue weighted by Crippen LogP contribution is 2.29. The second kappa shape index (κ2) is 7.93. The van der Waals surface area contributed by atoms with E-state index in [0.29, 0.717) is 5.56 Å². The molecule has 6 nitrogen and oxygen atoms in total. The van der Waals surface area contributed by atoms with Crippen LogP contribution in [0.3, 0.4) is 0 Å². The Hall–Kier alpha value is -2.38. The molecule has 0 unspecified atom stereocenters. The van der Waals surface area contributed by atoms with Gasteiger partial charge >= 0.3 is 0 Å². The molecule has 2 aromatic carbocycles. The van der Waals surface area contributed by atoms with E-state index < -0.39 is 10.0 Å². The van der Waals surface area contributed by atoms with Gasteiger partial charge < -0.3 is 10.2 Å². The molecule has 0 aromatic heterocycles. The Kier molecular flexibility index (Phi) is 5.37. The zero-order chi connectivity index (χ0) is 19.6. The van der Waals surface area contributed by atoms with Crippen molar-refractivity contribution in [2.75, 3.05) is 23.3 Å². The van der Waals surface area contributed by atoms with E-state index in [1.807, 2.05) is 24.3 Å². The predicted molar refractivity (Wildman–Crippen MR) is 110 cm³/mol. The number of hydrogen-bond acceptors (Lipinski definition) is 4. The fraction of sp³-hybridized carbons (Fsp3) is 0.381. The molecule has 1 saturated carbocycles. The Balaban J connectivity index is 1.54. The molecule has 2 aliphatic rings. The molecule has 7 heteroatoms. The Morgan fingerprint density at radius 2 is 1.71 bits per heavy atom. The summed E-state index contributed by atoms with van der Waals surface area (Å²) in [6, 6.07) is 14.0. The number of nitrogens with zero attached hydrogens (tertiary/aromatic N) is 1. The molecule has 1 heterocycles. The summed E-state index contributed by atoms with van der Waals surface area (Å²) in [6.07, 6.45) is 5.27. The highest BCUT2D eigenvalue weighted by molar-refractivity contribution is 7.89. The van der Waals surface area contributed by atoms with Gasteiger partial charge in [0, 0.05) is 24.7 Å². The number of sulfonamides is 1. The van der Waals surface area contributed by atoms with Crippen LogP contribution < -0.4 is 14.9 Å². The average Bonchev–Trinajstić information content (AvgIpc) is 3.52. The Morgan fingerprint density at radius 3 is 2.46 bits per heavy atom. The number of anilines is 2. The van der Waals surface area contributed by atoms with Gasteiger partial charge in [0.25, 0.3) is 5.91 Å². The number of carbonyl (C=O) groups excluding carboxylic acids is 1. The fourth-order valence-electron chi connectivity index (χ4n) is 3.48. The molecule has 0 atom stereocenters. The van der Waals surface area contributed by atoms with Crippen molar-refractivity contribution >= 4 is 27.3 Å². The molecule has 1 amide bonds. The maximum Gasteiger partial charge on any atom is 0.255 e. The van der Waals surface area contributed by atoms with Crippen molar-refractivity contribution in [1.82, 2.24) is 4.72 Å². The lowest BCUT2D eigenvalue weighted by molar-refractivity contribution is 0.102. The van der Waals surface area contributed by atoms with Crippen LogP contribution in [0.1, 0.15) is 42.5 Å². The van der Waals surface area contributed by atoms with Gasteiger partial charge in [-0.3, -0.25) is 4.79 Å². The second-order valence-electron chi connectivity index (χ2n) is 7.44. The van der Waals surface area contributed by atoms with Crippen LogP contribution in [-0.4, -0.2) is 33.5 Å². The van der Waals surface area contributed by atoms with Crippen molar-refractivity contribution in [3.8, 4) is 0 Å². The normalized spacial score (nSPS) is 17.4. The highest BCUT2D eigenvalue weighted by Gasteiger charge is 2.28. The van der Waals surface area contributed by atoms with Gasteiger partial charge in [-0.2, -0.15) is 0 Å². The van der Waals surface area contributed by atoms with E-state index in [0.717, 1.165) is 50.1 Å². The Morgan fingerprint density at radius 1 is 0.964 bits per heavy atom. The first kappa shape index (κ1) is 19.0. The molecule has 1 aliphatic carbocycles. The molecule has 2 aromatic rings. The van der Waals surface area contributed by atoms with Crippen LogP contribution in [-0.2, 0) is 10.0 Å². The van der Waals surface area contributed by atoms with E-state index in [2.05, 4.69) is 14.9 Å². The number of rotatable bonds is 6. The summed E-state index contributed by atoms with van der Waals surface area (Å²) in [5.41, 5.74) is 2.08. The van der Waals surface area contributed by atoms with Gasteiger partial charge in [0.05, 0.1) is 16.3 Å². The first-order chi connectivity index (χ1) is 13.5. The van der Waals surface area contributed by atoms with Gasteiger partial charge in [0.2, 0.25) is 10.0 Å². The molecule has 28 heavy (non-hydrogen) atoms. The third-order valence-electron chi connectivity index (χ3n) is 5.15. The predicted octanol–water partition coefficient (Wildman–Crippen LogP) is 3.37. The zero-order valence-corrected chi connectivity index (χ0v) is 16.5. The summed E-state index contributed by atoms with van der Waals surface area (Å²) in [5, 5.41) is 2.96. The van der Waals surface area contributed by atoms with Crippen molar-refractivity contribution in [3.63, 3.8) is 0 Å². The zero-order valence-electron chi connectivity index (χ0n) is 15.7. The number of amides is 1. The first-order valence-electron chi connectivity index (χ1n) is 9.81. The van der Waals surface area contributed by atoms with Crippen LogP contribution in [0.15, 0.2) is 53.4 Å². The van der Waals surface area contributed by atoms with Gasteiger partial charge in [-0.1, -0.05) is 18.2 Å². The molecule has 0 spiro atoms. The SMILES string of the molecule is O=C(Nc1ccccc1N1CCCCC1)c1cccc(S(=O)(=O)NC2CC2)c1. The lowest BCUT2D eigenvalue weighted by Gasteiger charge is -2.30. The van der Waals surface area contributed by atoms with E-state index in [1.54, 1.807) is 12.1 Å². The summed E-state index contributed by atoms with van der Waals surface area (Å²) in [6.45, 7) is 1.96. The molecule has 2 fully saturated rings. The van der Waals surface area contributed by atoms with E-state index in [9.17, 15) is 13.2 Å². The van der Waals surface area contributed by atoms with Crippen molar-refractivity contribution in [3.05, 3.63) is 54.1 Å². The van der Waals surface area contributed by atoms with Crippen LogP contribution >= 0.6 is 0 Å². The fourth-order valence-corrected chi connectivity index (χ4v) is 4.83. The lowest BCUT2D eigenvalue weighted by Crippen LogP contribution is -2.30. The van der Waals surface area contributed by atoms with Crippen molar-refractivity contribution in [2.24, 2.45) is 0 Å². The number of benzene rings is 2. The minimum absolute atomic E-state index is 0.0268. The van der Waals surface area contributed by atoms with Gasteiger partial charge in [-0.15, -0.1) is 0 Å². The van der Waals surface area contributed by atoms with Crippen molar-refractivity contribution < 1.29 is 13.2 Å². The topological polar surface area (TPSA) is 78.5 Å². The lowest BCUT2D eigenvalue weighted by atomic mass is 10.1. The van der Waals surface area contributed by atoms with Gasteiger partial charge in [-0.05, 0) is 62.4 Å². The summed E-state index contributed by atoms with van der Waals surface area (Å²) < 4.78 is 27.5. The van der Waals surface area contributed by atoms with E-state index in [4.69, 9.17) is 0 Å². The molecular weight excluding hydrogens is 374 g/mol. The standard InChI is InChI=1S/C21H25N3O3S/c25-21(16-7-6-8-18(15-16)28(26,27)23-17-11-12-17)22-19-9-2-3-10-20(19)24-13-4-1-5-14-24/h2-3,6-10,15,17,23H,1,4-5,11-14H2,(H,22,25). The number of carbonyl (C=O) groups is 1. The third-order valence-corrected chi connectivity index (χ3v) is 6.67. The molecule has 2 N–H and O–H groups in total. The Bertz CT molecular complexity index is 964. The summed E-state index contributed by atoms with van der Waals surface area (Å²) in [4.78, 5) is 15.2. The van der Waals surface area contributed by atoms with E-state index >= 15 is 0 Å². The largest absolute Gasteiger partial charge is 0.370 e. The molecule has 1 aliphatic heterocycles. The van der Waals surface area contributed by atoms with Crippen LogP contribution in [0, 0.1) is 0 Å². The van der Waals surface area contributed by atoms with Gasteiger partial charge in [0.1, 0.15) is 0 Å². The summed E-state index contributed by atoms with van der Waals surface area (Å²) in [7, 11) is -3.59. The first-order valence-corrected chi connectivity index (χ1v) is 11.3. The number of piperidine rings is 1. The van der Waals surface area contributed by atoms with Crippen LogP contribution in [0.2, 0.25) is 0 Å². The molecule has 0 bridgehead atoms. The van der Waals surface area contributed by atoms with Gasteiger partial charge in [-0.25, -0.2) is 13.1 Å². The number of nitrogens with one attached hydrogen (secondary N) is 2. The Labute approximate surface area is 166 Å². The van der Waals surface area contributed by atoms with Crippen molar-refractivity contribution in [2.45, 2.75) is 43.0 Å². The van der Waals surface area contributed by atoms with Crippen molar-refractivity contribution in [1.29, 1.82) is 0 Å². The van der Waals surface area contributed by atoms with Crippen LogP contribution in [0.25, 0.3) is 0 Å². The maximum atomic E-state index is 12.8. The third kappa shape index (κ3) is 4.36. The van der Waals surface area contributed by atoms with Gasteiger partial charge in [0.15, 0.2) is 0 Å². The number of para-hydroxylation sites is 2. The highest BCUT2D eigenvalue weighted by atomic mass is 32.2. The average molecular weight is 400 g/mol. The molecule has 0 radical (unpaired) electrons. The second-order valence-corrected chi connectivity index (χ2v) is 9.16.